The molecule has 2 aromatic rings. The van der Waals surface area contributed by atoms with Crippen LogP contribution in [0.4, 0.5) is 4.79 Å². The molecule has 2 heterocycles. The number of rotatable bonds is 17. The number of hydrogen-bond donors (Lipinski definition) is 3. The molecule has 0 radical (unpaired) electrons. The Bertz CT molecular complexity index is 2100. The minimum Gasteiger partial charge on any atom is -0.497 e. The minimum atomic E-state index is -4.26. The van der Waals surface area contributed by atoms with E-state index in [-0.39, 0.29) is 38.1 Å². The number of benzene rings is 1. The quantitative estimate of drug-likeness (QED) is 0.100. The summed E-state index contributed by atoms with van der Waals surface area (Å²) in [4.78, 5) is 62.4. The van der Waals surface area contributed by atoms with Gasteiger partial charge in [-0.1, -0.05) is 50.9 Å². The highest BCUT2D eigenvalue weighted by Crippen LogP contribution is 2.51. The smallest absolute Gasteiger partial charge is 0.408 e. The van der Waals surface area contributed by atoms with Gasteiger partial charge in [0, 0.05) is 23.1 Å². The Hall–Kier alpha value is -4.31. The number of carbonyl (C=O) groups excluding carboxylic acids is 4. The zero-order valence-corrected chi connectivity index (χ0v) is 36.8. The average molecular weight is 860 g/mol. The van der Waals surface area contributed by atoms with Crippen molar-refractivity contribution in [1.29, 1.82) is 0 Å². The van der Waals surface area contributed by atoms with Crippen LogP contribution in [0.3, 0.4) is 0 Å². The zero-order chi connectivity index (χ0) is 43.1. The predicted molar refractivity (Wildman–Crippen MR) is 222 cm³/mol. The fourth-order valence-electron chi connectivity index (χ4n) is 7.56. The summed E-state index contributed by atoms with van der Waals surface area (Å²) in [6, 6.07) is 3.11. The Morgan fingerprint density at radius 3 is 2.39 bits per heavy atom. The number of methoxy groups -OCH3 is 2. The van der Waals surface area contributed by atoms with Crippen molar-refractivity contribution in [3.63, 3.8) is 0 Å². The number of sulfonamides is 1. The molecule has 324 valence electrons. The second kappa shape index (κ2) is 16.6. The molecule has 3 saturated carbocycles. The Morgan fingerprint density at radius 2 is 1.78 bits per heavy atom. The molecule has 1 aromatic heterocycles. The monoisotopic (exact) mass is 859 g/mol. The summed E-state index contributed by atoms with van der Waals surface area (Å²) >= 11 is 6.27. The van der Waals surface area contributed by atoms with Gasteiger partial charge in [0.05, 0.1) is 27.0 Å². The molecule has 4 aliphatic rings. The van der Waals surface area contributed by atoms with Crippen LogP contribution in [0.2, 0.25) is 0 Å². The Kier molecular flexibility index (Phi) is 12.5. The summed E-state index contributed by atoms with van der Waals surface area (Å²) in [7, 11) is -1.18. The molecule has 0 unspecified atom stereocenters. The van der Waals surface area contributed by atoms with E-state index in [4.69, 9.17) is 30.5 Å². The summed E-state index contributed by atoms with van der Waals surface area (Å²) in [5.41, 5.74) is -3.04. The van der Waals surface area contributed by atoms with Crippen molar-refractivity contribution >= 4 is 56.2 Å². The highest BCUT2D eigenvalue weighted by Gasteiger charge is 2.64. The van der Waals surface area contributed by atoms with E-state index in [0.29, 0.717) is 41.0 Å². The molecule has 3 aliphatic carbocycles. The fraction of sp³-hybridized carbons (Fsp3) is 0.643. The molecule has 3 N–H and O–H groups in total. The first-order valence-electron chi connectivity index (χ1n) is 20.4. The number of unbranched alkanes of at least 4 members (excludes halogenated alkanes) is 1. The maximum atomic E-state index is 14.7. The van der Waals surface area contributed by atoms with Gasteiger partial charge in [-0.2, -0.15) is 0 Å². The summed E-state index contributed by atoms with van der Waals surface area (Å²) < 4.78 is 49.9. The van der Waals surface area contributed by atoms with Crippen LogP contribution in [0.5, 0.6) is 17.4 Å². The van der Waals surface area contributed by atoms with Gasteiger partial charge in [-0.25, -0.2) is 22.9 Å². The van der Waals surface area contributed by atoms with Gasteiger partial charge in [0.1, 0.15) is 40.8 Å². The van der Waals surface area contributed by atoms with E-state index in [9.17, 15) is 27.6 Å². The number of alkyl halides is 1. The first-order valence-corrected chi connectivity index (χ1v) is 22.2. The number of fused-ring (bicyclic) bond motifs is 1. The third-order valence-corrected chi connectivity index (χ3v) is 14.5. The normalized spacial score (nSPS) is 24.6. The molecule has 1 aromatic carbocycles. The Balaban J connectivity index is 1.31. The zero-order valence-electron chi connectivity index (χ0n) is 35.2. The standard InChI is InChI=1S/C42H58ClN5O10S/c1-25(2)12-10-9-11-13-26-22-42(26,37(51)47-59(53,54)41(43)18-19-41)46-34(49)31-21-28(57-35-29-15-14-27(55-7)20-30(29)32(56-8)23-44-35)24-48(31)36(50)33(40(6)16-17-40)45-38(52)58-39(3,4)5/h11,13-15,20,23,25-26,28,31,33H,9-10,12,16-19,21-22,24H2,1-8H3,(H,45,52)(H,46,49)(H,47,51)/b13-11-/t26-,28-,31+,33-,42-/m1/s1. The molecule has 4 amide bonds. The number of aromatic nitrogens is 1. The van der Waals surface area contributed by atoms with Crippen LogP contribution in [0.25, 0.3) is 10.8 Å². The molecule has 4 fully saturated rings. The van der Waals surface area contributed by atoms with Crippen molar-refractivity contribution < 1.29 is 46.5 Å². The van der Waals surface area contributed by atoms with E-state index in [1.54, 1.807) is 46.1 Å². The maximum Gasteiger partial charge on any atom is 0.408 e. The second-order valence-corrected chi connectivity index (χ2v) is 21.0. The lowest BCUT2D eigenvalue weighted by atomic mass is 9.97. The predicted octanol–water partition coefficient (Wildman–Crippen LogP) is 5.73. The number of hydrogen-bond acceptors (Lipinski definition) is 11. The van der Waals surface area contributed by atoms with E-state index in [0.717, 1.165) is 19.3 Å². The third kappa shape index (κ3) is 9.85. The molecule has 17 heteroatoms. The molecule has 1 aliphatic heterocycles. The van der Waals surface area contributed by atoms with Crippen molar-refractivity contribution in [2.45, 2.75) is 133 Å². The van der Waals surface area contributed by atoms with E-state index < -0.39 is 78.7 Å². The van der Waals surface area contributed by atoms with Gasteiger partial charge in [-0.15, -0.1) is 0 Å². The van der Waals surface area contributed by atoms with Crippen LogP contribution in [-0.4, -0.2) is 96.4 Å². The minimum absolute atomic E-state index is 0.00466. The lowest BCUT2D eigenvalue weighted by Gasteiger charge is -2.32. The van der Waals surface area contributed by atoms with E-state index in [1.807, 2.05) is 19.1 Å². The number of nitrogens with zero attached hydrogens (tertiary/aromatic N) is 2. The molecule has 5 atom stereocenters. The van der Waals surface area contributed by atoms with Crippen molar-refractivity contribution in [2.75, 3.05) is 20.8 Å². The number of carbonyl (C=O) groups is 4. The summed E-state index contributed by atoms with van der Waals surface area (Å²) in [6.45, 7) is 11.3. The SMILES string of the molecule is COc1ccc2c(O[C@@H]3C[C@@H](C(=O)N[C@]4(C(=O)NS(=O)(=O)C5(Cl)CC5)C[C@H]4/C=C\CCCC(C)C)N(C(=O)[C@@H](NC(=O)OC(C)(C)C)C4(C)CC4)C3)ncc(OC)c2c1. The van der Waals surface area contributed by atoms with Crippen LogP contribution in [0.15, 0.2) is 36.5 Å². The molecule has 0 spiro atoms. The number of ether oxygens (including phenoxy) is 4. The van der Waals surface area contributed by atoms with Gasteiger partial charge < -0.3 is 34.5 Å². The molecular weight excluding hydrogens is 802 g/mol. The molecule has 0 bridgehead atoms. The van der Waals surface area contributed by atoms with Gasteiger partial charge in [0.2, 0.25) is 17.7 Å². The number of pyridine rings is 1. The summed E-state index contributed by atoms with van der Waals surface area (Å²) in [6.07, 6.45) is 8.30. The average Bonchev–Trinajstić information content (AvgIpc) is 4.13. The number of halogens is 1. The van der Waals surface area contributed by atoms with Crippen molar-refractivity contribution in [3.05, 3.63) is 36.5 Å². The van der Waals surface area contributed by atoms with Crippen LogP contribution < -0.4 is 29.6 Å². The first kappa shape index (κ1) is 44.2. The first-order chi connectivity index (χ1) is 27.6. The lowest BCUT2D eigenvalue weighted by molar-refractivity contribution is -0.142. The van der Waals surface area contributed by atoms with Crippen LogP contribution in [0, 0.1) is 17.3 Å². The van der Waals surface area contributed by atoms with Gasteiger partial charge in [0.15, 0.2) is 4.21 Å². The number of allylic oxidation sites excluding steroid dienone is 1. The second-order valence-electron chi connectivity index (χ2n) is 18.1. The van der Waals surface area contributed by atoms with E-state index in [1.165, 1.54) is 18.2 Å². The maximum absolute atomic E-state index is 14.7. The number of alkyl carbamates (subject to hydrolysis) is 1. The van der Waals surface area contributed by atoms with Gasteiger partial charge >= 0.3 is 6.09 Å². The molecule has 1 saturated heterocycles. The Labute approximate surface area is 351 Å². The highest BCUT2D eigenvalue weighted by atomic mass is 35.5. The van der Waals surface area contributed by atoms with Crippen LogP contribution in [0.1, 0.15) is 99.3 Å². The van der Waals surface area contributed by atoms with E-state index in [2.05, 4.69) is 34.2 Å². The molecule has 15 nitrogen and oxygen atoms in total. The van der Waals surface area contributed by atoms with Crippen molar-refractivity contribution in [3.8, 4) is 17.4 Å². The molecule has 59 heavy (non-hydrogen) atoms. The topological polar surface area (TPSA) is 192 Å². The van der Waals surface area contributed by atoms with Gasteiger partial charge in [-0.3, -0.25) is 14.4 Å². The summed E-state index contributed by atoms with van der Waals surface area (Å²) in [5, 5.41) is 6.95. The highest BCUT2D eigenvalue weighted by molar-refractivity contribution is 7.93. The number of amides is 4. The lowest BCUT2D eigenvalue weighted by Crippen LogP contribution is -2.59. The van der Waals surface area contributed by atoms with E-state index >= 15 is 0 Å². The van der Waals surface area contributed by atoms with Gasteiger partial charge in [0.25, 0.3) is 15.9 Å². The number of likely N-dealkylation sites (tertiary alicyclic amines) is 1. The number of nitrogens with one attached hydrogen (secondary N) is 3. The summed E-state index contributed by atoms with van der Waals surface area (Å²) in [5.74, 6) is -0.753. The molecule has 6 rings (SSSR count). The van der Waals surface area contributed by atoms with Crippen LogP contribution in [-0.2, 0) is 29.1 Å². The fourth-order valence-corrected chi connectivity index (χ4v) is 9.02. The molecular formula is C42H58ClN5O10S. The Morgan fingerprint density at radius 1 is 1.07 bits per heavy atom. The van der Waals surface area contributed by atoms with Crippen molar-refractivity contribution in [2.24, 2.45) is 17.3 Å². The van der Waals surface area contributed by atoms with Crippen LogP contribution >= 0.6 is 11.6 Å². The van der Waals surface area contributed by atoms with Crippen molar-refractivity contribution in [1.82, 2.24) is 25.2 Å². The third-order valence-electron chi connectivity index (χ3n) is 11.7. The van der Waals surface area contributed by atoms with Gasteiger partial charge in [-0.05, 0) is 95.2 Å². The largest absolute Gasteiger partial charge is 0.497 e.